The fourth-order valence-electron chi connectivity index (χ4n) is 3.85. The van der Waals surface area contributed by atoms with Crippen molar-refractivity contribution in [2.24, 2.45) is 0 Å². The fourth-order valence-corrected chi connectivity index (χ4v) is 3.85. The van der Waals surface area contributed by atoms with Crippen LogP contribution in [0.3, 0.4) is 0 Å². The number of morpholine rings is 1. The number of para-hydroxylation sites is 1. The minimum Gasteiger partial charge on any atom is -0.379 e. The molecule has 2 heterocycles. The summed E-state index contributed by atoms with van der Waals surface area (Å²) in [6, 6.07) is 18.2. The Bertz CT molecular complexity index is 978. The second-order valence-corrected chi connectivity index (χ2v) is 7.45. The molecule has 1 N–H and O–H groups in total. The van der Waals surface area contributed by atoms with Crippen LogP contribution in [0.1, 0.15) is 34.1 Å². The molecular formula is C24H28N4O2. The largest absolute Gasteiger partial charge is 0.379 e. The van der Waals surface area contributed by atoms with Gasteiger partial charge in [-0.15, -0.1) is 0 Å². The third-order valence-corrected chi connectivity index (χ3v) is 5.50. The number of hydrogen-bond donors (Lipinski definition) is 1. The molecule has 0 unspecified atom stereocenters. The van der Waals surface area contributed by atoms with E-state index in [9.17, 15) is 4.79 Å². The van der Waals surface area contributed by atoms with Crippen LogP contribution in [0.5, 0.6) is 0 Å². The number of ether oxygens (including phenoxy) is 1. The van der Waals surface area contributed by atoms with E-state index in [1.165, 1.54) is 5.56 Å². The quantitative estimate of drug-likeness (QED) is 0.657. The van der Waals surface area contributed by atoms with E-state index in [0.29, 0.717) is 12.1 Å². The predicted molar refractivity (Wildman–Crippen MR) is 117 cm³/mol. The molecule has 0 radical (unpaired) electrons. The minimum atomic E-state index is -0.0878. The molecule has 156 valence electrons. The lowest BCUT2D eigenvalue weighted by Gasteiger charge is -2.27. The molecule has 1 fully saturated rings. The molecule has 4 rings (SSSR count). The van der Waals surface area contributed by atoms with Crippen LogP contribution in [-0.4, -0.2) is 46.9 Å². The van der Waals surface area contributed by atoms with Crippen molar-refractivity contribution in [3.8, 4) is 5.69 Å². The summed E-state index contributed by atoms with van der Waals surface area (Å²) >= 11 is 0. The van der Waals surface area contributed by atoms with Gasteiger partial charge in [0.2, 0.25) is 0 Å². The maximum Gasteiger partial charge on any atom is 0.255 e. The molecule has 0 atom stereocenters. The predicted octanol–water partition coefficient (Wildman–Crippen LogP) is 3.20. The average molecular weight is 405 g/mol. The highest BCUT2D eigenvalue weighted by atomic mass is 16.5. The first kappa shape index (κ1) is 20.3. The average Bonchev–Trinajstić information content (AvgIpc) is 3.24. The lowest BCUT2D eigenvalue weighted by atomic mass is 10.1. The van der Waals surface area contributed by atoms with Crippen molar-refractivity contribution in [1.29, 1.82) is 0 Å². The summed E-state index contributed by atoms with van der Waals surface area (Å²) < 4.78 is 7.29. The van der Waals surface area contributed by atoms with Crippen LogP contribution in [0.4, 0.5) is 0 Å². The second-order valence-electron chi connectivity index (χ2n) is 7.45. The van der Waals surface area contributed by atoms with Crippen LogP contribution in [0.25, 0.3) is 5.69 Å². The van der Waals surface area contributed by atoms with E-state index in [4.69, 9.17) is 4.74 Å². The third-order valence-electron chi connectivity index (χ3n) is 5.50. The molecule has 30 heavy (non-hydrogen) atoms. The van der Waals surface area contributed by atoms with Crippen LogP contribution >= 0.6 is 0 Å². The maximum absolute atomic E-state index is 13.0. The zero-order valence-corrected chi connectivity index (χ0v) is 17.4. The lowest BCUT2D eigenvalue weighted by Crippen LogP contribution is -2.36. The molecule has 1 saturated heterocycles. The lowest BCUT2D eigenvalue weighted by molar-refractivity contribution is 0.0340. The SMILES string of the molecule is CCc1c(C(=O)NCc2ccccc2CN2CCOCC2)cnn1-c1ccccc1. The first-order valence-electron chi connectivity index (χ1n) is 10.5. The van der Waals surface area contributed by atoms with E-state index in [1.807, 2.05) is 48.0 Å². The van der Waals surface area contributed by atoms with E-state index in [0.717, 1.165) is 56.2 Å². The second kappa shape index (κ2) is 9.69. The summed E-state index contributed by atoms with van der Waals surface area (Å²) in [6.07, 6.45) is 2.39. The topological polar surface area (TPSA) is 59.4 Å². The van der Waals surface area contributed by atoms with Gasteiger partial charge in [0.25, 0.3) is 5.91 Å². The summed E-state index contributed by atoms with van der Waals surface area (Å²) in [5.74, 6) is -0.0878. The van der Waals surface area contributed by atoms with Crippen molar-refractivity contribution in [1.82, 2.24) is 20.0 Å². The van der Waals surface area contributed by atoms with Gasteiger partial charge in [-0.05, 0) is 29.7 Å². The van der Waals surface area contributed by atoms with Gasteiger partial charge >= 0.3 is 0 Å². The monoisotopic (exact) mass is 404 g/mol. The highest BCUT2D eigenvalue weighted by Gasteiger charge is 2.18. The molecule has 0 saturated carbocycles. The van der Waals surface area contributed by atoms with Gasteiger partial charge in [-0.25, -0.2) is 4.68 Å². The maximum atomic E-state index is 13.0. The molecule has 2 aromatic carbocycles. The standard InChI is InChI=1S/C24H28N4O2/c1-2-23-22(17-26-28(23)21-10-4-3-5-11-21)24(29)25-16-19-8-6-7-9-20(19)18-27-12-14-30-15-13-27/h3-11,17H,2,12-16,18H2,1H3,(H,25,29). The van der Waals surface area contributed by atoms with Gasteiger partial charge in [0.15, 0.2) is 0 Å². The normalized spacial score (nSPS) is 14.6. The summed E-state index contributed by atoms with van der Waals surface area (Å²) in [4.78, 5) is 15.3. The summed E-state index contributed by atoms with van der Waals surface area (Å²) in [5, 5.41) is 7.56. The van der Waals surface area contributed by atoms with Crippen molar-refractivity contribution in [2.45, 2.75) is 26.4 Å². The Morgan fingerprint density at radius 3 is 2.47 bits per heavy atom. The zero-order chi connectivity index (χ0) is 20.8. The van der Waals surface area contributed by atoms with E-state index in [-0.39, 0.29) is 5.91 Å². The molecule has 3 aromatic rings. The Morgan fingerprint density at radius 1 is 1.03 bits per heavy atom. The highest BCUT2D eigenvalue weighted by molar-refractivity contribution is 5.95. The van der Waals surface area contributed by atoms with E-state index >= 15 is 0 Å². The molecular weight excluding hydrogens is 376 g/mol. The number of carbonyl (C=O) groups is 1. The molecule has 6 nitrogen and oxygen atoms in total. The van der Waals surface area contributed by atoms with Crippen molar-refractivity contribution < 1.29 is 9.53 Å². The van der Waals surface area contributed by atoms with Gasteiger partial charge in [-0.2, -0.15) is 5.10 Å². The molecule has 1 aromatic heterocycles. The number of nitrogens with one attached hydrogen (secondary N) is 1. The van der Waals surface area contributed by atoms with E-state index in [2.05, 4.69) is 33.5 Å². The Labute approximate surface area is 177 Å². The zero-order valence-electron chi connectivity index (χ0n) is 17.4. The molecule has 1 aliphatic heterocycles. The molecule has 1 aliphatic rings. The van der Waals surface area contributed by atoms with Gasteiger partial charge in [-0.1, -0.05) is 49.4 Å². The summed E-state index contributed by atoms with van der Waals surface area (Å²) in [6.45, 7) is 6.87. The van der Waals surface area contributed by atoms with Crippen LogP contribution in [0, 0.1) is 0 Å². The van der Waals surface area contributed by atoms with E-state index in [1.54, 1.807) is 6.20 Å². The third kappa shape index (κ3) is 4.61. The number of rotatable bonds is 7. The Balaban J connectivity index is 1.46. The number of carbonyl (C=O) groups excluding carboxylic acids is 1. The van der Waals surface area contributed by atoms with Gasteiger partial charge in [0.05, 0.1) is 36.4 Å². The molecule has 0 aliphatic carbocycles. The first-order valence-corrected chi connectivity index (χ1v) is 10.5. The first-order chi connectivity index (χ1) is 14.8. The number of amides is 1. The summed E-state index contributed by atoms with van der Waals surface area (Å²) in [7, 11) is 0. The Kier molecular flexibility index (Phi) is 6.57. The Morgan fingerprint density at radius 2 is 1.73 bits per heavy atom. The van der Waals surface area contributed by atoms with Crippen molar-refractivity contribution in [3.63, 3.8) is 0 Å². The van der Waals surface area contributed by atoms with Gasteiger partial charge in [-0.3, -0.25) is 9.69 Å². The van der Waals surface area contributed by atoms with Crippen molar-refractivity contribution in [3.05, 3.63) is 83.2 Å². The van der Waals surface area contributed by atoms with Gasteiger partial charge in [0, 0.05) is 26.2 Å². The molecule has 0 bridgehead atoms. The molecule has 1 amide bonds. The fraction of sp³-hybridized carbons (Fsp3) is 0.333. The minimum absolute atomic E-state index is 0.0878. The number of benzene rings is 2. The van der Waals surface area contributed by atoms with Crippen molar-refractivity contribution in [2.75, 3.05) is 26.3 Å². The van der Waals surface area contributed by atoms with Crippen LogP contribution in [0.15, 0.2) is 60.8 Å². The highest BCUT2D eigenvalue weighted by Crippen LogP contribution is 2.17. The molecule has 0 spiro atoms. The number of hydrogen-bond acceptors (Lipinski definition) is 4. The van der Waals surface area contributed by atoms with Gasteiger partial charge in [0.1, 0.15) is 0 Å². The van der Waals surface area contributed by atoms with E-state index < -0.39 is 0 Å². The Hall–Kier alpha value is -2.96. The van der Waals surface area contributed by atoms with Crippen LogP contribution in [-0.2, 0) is 24.2 Å². The number of nitrogens with zero attached hydrogens (tertiary/aromatic N) is 3. The summed E-state index contributed by atoms with van der Waals surface area (Å²) in [5.41, 5.74) is 4.90. The smallest absolute Gasteiger partial charge is 0.255 e. The van der Waals surface area contributed by atoms with Gasteiger partial charge < -0.3 is 10.1 Å². The molecule has 6 heteroatoms. The number of aromatic nitrogens is 2. The van der Waals surface area contributed by atoms with Crippen LogP contribution in [0.2, 0.25) is 0 Å². The van der Waals surface area contributed by atoms with Crippen LogP contribution < -0.4 is 5.32 Å². The van der Waals surface area contributed by atoms with Crippen molar-refractivity contribution >= 4 is 5.91 Å².